The SMILES string of the molecule is O=C(c1cccnc1-c1ccc(F)cc1C(F)(F)F)N1CCCCC1. The monoisotopic (exact) mass is 352 g/mol. The fraction of sp³-hybridized carbons (Fsp3) is 0.333. The maximum atomic E-state index is 13.3. The standard InChI is InChI=1S/C18H16F4N2O/c19-12-6-7-13(15(11-12)18(20,21)22)16-14(5-4-8-23-16)17(25)24-9-2-1-3-10-24/h4-8,11H,1-3,9-10H2. The molecule has 7 heteroatoms. The Labute approximate surface area is 142 Å². The van der Waals surface area contributed by atoms with Crippen LogP contribution >= 0.6 is 0 Å². The van der Waals surface area contributed by atoms with Crippen LogP contribution in [-0.4, -0.2) is 28.9 Å². The maximum absolute atomic E-state index is 13.3. The smallest absolute Gasteiger partial charge is 0.339 e. The average molecular weight is 352 g/mol. The van der Waals surface area contributed by atoms with E-state index >= 15 is 0 Å². The highest BCUT2D eigenvalue weighted by Crippen LogP contribution is 2.38. The molecule has 0 spiro atoms. The van der Waals surface area contributed by atoms with E-state index < -0.39 is 17.6 Å². The van der Waals surface area contributed by atoms with Crippen molar-refractivity contribution in [1.29, 1.82) is 0 Å². The Morgan fingerprint density at radius 3 is 2.48 bits per heavy atom. The zero-order valence-corrected chi connectivity index (χ0v) is 13.3. The van der Waals surface area contributed by atoms with Crippen molar-refractivity contribution in [3.63, 3.8) is 0 Å². The summed E-state index contributed by atoms with van der Waals surface area (Å²) in [5.41, 5.74) is -1.42. The Morgan fingerprint density at radius 1 is 1.08 bits per heavy atom. The maximum Gasteiger partial charge on any atom is 0.417 e. The number of halogens is 4. The number of rotatable bonds is 2. The summed E-state index contributed by atoms with van der Waals surface area (Å²) in [6.07, 6.45) is -0.663. The summed E-state index contributed by atoms with van der Waals surface area (Å²) >= 11 is 0. The van der Waals surface area contributed by atoms with E-state index in [2.05, 4.69) is 4.98 Å². The Balaban J connectivity index is 2.09. The van der Waals surface area contributed by atoms with Crippen molar-refractivity contribution in [2.45, 2.75) is 25.4 Å². The van der Waals surface area contributed by atoms with Crippen molar-refractivity contribution in [3.8, 4) is 11.3 Å². The molecule has 1 saturated heterocycles. The summed E-state index contributed by atoms with van der Waals surface area (Å²) in [6, 6.07) is 5.36. The number of piperidine rings is 1. The molecule has 1 aromatic heterocycles. The first-order valence-corrected chi connectivity index (χ1v) is 7.99. The van der Waals surface area contributed by atoms with Gasteiger partial charge in [0.25, 0.3) is 5.91 Å². The molecule has 132 valence electrons. The van der Waals surface area contributed by atoms with E-state index in [1.807, 2.05) is 0 Å². The predicted molar refractivity (Wildman–Crippen MR) is 84.4 cm³/mol. The Kier molecular flexibility index (Phi) is 4.74. The second kappa shape index (κ2) is 6.82. The van der Waals surface area contributed by atoms with Gasteiger partial charge in [0.1, 0.15) is 5.82 Å². The molecule has 0 radical (unpaired) electrons. The molecule has 0 N–H and O–H groups in total. The quantitative estimate of drug-likeness (QED) is 0.744. The van der Waals surface area contributed by atoms with E-state index in [0.29, 0.717) is 19.2 Å². The largest absolute Gasteiger partial charge is 0.417 e. The molecule has 3 rings (SSSR count). The summed E-state index contributed by atoms with van der Waals surface area (Å²) < 4.78 is 53.3. The molecular formula is C18H16F4N2O. The molecule has 1 amide bonds. The van der Waals surface area contributed by atoms with E-state index in [0.717, 1.165) is 31.4 Å². The van der Waals surface area contributed by atoms with E-state index in [1.165, 1.54) is 18.3 Å². The van der Waals surface area contributed by atoms with Gasteiger partial charge in [-0.15, -0.1) is 0 Å². The van der Waals surface area contributed by atoms with Crippen LogP contribution in [0.4, 0.5) is 17.6 Å². The lowest BCUT2D eigenvalue weighted by atomic mass is 9.98. The Bertz CT molecular complexity index is 783. The van der Waals surface area contributed by atoms with Gasteiger partial charge in [-0.05, 0) is 49.6 Å². The molecule has 1 fully saturated rings. The third kappa shape index (κ3) is 3.65. The van der Waals surface area contributed by atoms with Gasteiger partial charge in [-0.1, -0.05) is 0 Å². The summed E-state index contributed by atoms with van der Waals surface area (Å²) in [5, 5.41) is 0. The minimum absolute atomic E-state index is 0.0783. The summed E-state index contributed by atoms with van der Waals surface area (Å²) in [5.74, 6) is -1.34. The number of benzene rings is 1. The molecule has 1 aliphatic rings. The van der Waals surface area contributed by atoms with Crippen molar-refractivity contribution in [3.05, 3.63) is 53.5 Å². The summed E-state index contributed by atoms with van der Waals surface area (Å²) in [6.45, 7) is 1.14. The van der Waals surface area contributed by atoms with E-state index in [-0.39, 0.29) is 22.7 Å². The highest BCUT2D eigenvalue weighted by atomic mass is 19.4. The van der Waals surface area contributed by atoms with Crippen LogP contribution in [0.25, 0.3) is 11.3 Å². The molecule has 0 atom stereocenters. The summed E-state index contributed by atoms with van der Waals surface area (Å²) in [7, 11) is 0. The third-order valence-corrected chi connectivity index (χ3v) is 4.22. The number of aromatic nitrogens is 1. The number of pyridine rings is 1. The molecular weight excluding hydrogens is 336 g/mol. The topological polar surface area (TPSA) is 33.2 Å². The minimum Gasteiger partial charge on any atom is -0.339 e. The van der Waals surface area contributed by atoms with Crippen LogP contribution in [0.15, 0.2) is 36.5 Å². The molecule has 2 heterocycles. The lowest BCUT2D eigenvalue weighted by Gasteiger charge is -2.27. The van der Waals surface area contributed by atoms with E-state index in [4.69, 9.17) is 0 Å². The van der Waals surface area contributed by atoms with Crippen LogP contribution in [0.2, 0.25) is 0 Å². The van der Waals surface area contributed by atoms with Gasteiger partial charge in [-0.25, -0.2) is 4.39 Å². The van der Waals surface area contributed by atoms with Crippen LogP contribution < -0.4 is 0 Å². The van der Waals surface area contributed by atoms with Crippen molar-refractivity contribution in [1.82, 2.24) is 9.88 Å². The van der Waals surface area contributed by atoms with Gasteiger partial charge in [0.15, 0.2) is 0 Å². The van der Waals surface area contributed by atoms with E-state index in [9.17, 15) is 22.4 Å². The fourth-order valence-corrected chi connectivity index (χ4v) is 3.02. The van der Waals surface area contributed by atoms with Crippen molar-refractivity contribution in [2.75, 3.05) is 13.1 Å². The number of hydrogen-bond donors (Lipinski definition) is 0. The first-order chi connectivity index (χ1) is 11.9. The molecule has 25 heavy (non-hydrogen) atoms. The van der Waals surface area contributed by atoms with Gasteiger partial charge < -0.3 is 4.90 Å². The minimum atomic E-state index is -4.75. The molecule has 0 bridgehead atoms. The van der Waals surface area contributed by atoms with Gasteiger partial charge in [0.05, 0.1) is 16.8 Å². The molecule has 3 nitrogen and oxygen atoms in total. The van der Waals surface area contributed by atoms with Gasteiger partial charge in [-0.2, -0.15) is 13.2 Å². The summed E-state index contributed by atoms with van der Waals surface area (Å²) in [4.78, 5) is 18.4. The third-order valence-electron chi connectivity index (χ3n) is 4.22. The lowest BCUT2D eigenvalue weighted by molar-refractivity contribution is -0.137. The van der Waals surface area contributed by atoms with Crippen molar-refractivity contribution < 1.29 is 22.4 Å². The molecule has 2 aromatic rings. The number of nitrogens with zero attached hydrogens (tertiary/aromatic N) is 2. The second-order valence-corrected chi connectivity index (χ2v) is 5.94. The number of carbonyl (C=O) groups is 1. The zero-order valence-electron chi connectivity index (χ0n) is 13.3. The van der Waals surface area contributed by atoms with Crippen LogP contribution in [0.1, 0.15) is 35.2 Å². The second-order valence-electron chi connectivity index (χ2n) is 5.94. The molecule has 0 unspecified atom stereocenters. The molecule has 1 aliphatic heterocycles. The van der Waals surface area contributed by atoms with Gasteiger partial charge in [-0.3, -0.25) is 9.78 Å². The average Bonchev–Trinajstić information content (AvgIpc) is 2.61. The lowest BCUT2D eigenvalue weighted by Crippen LogP contribution is -2.36. The van der Waals surface area contributed by atoms with Gasteiger partial charge >= 0.3 is 6.18 Å². The first kappa shape index (κ1) is 17.4. The Morgan fingerprint density at radius 2 is 1.80 bits per heavy atom. The predicted octanol–water partition coefficient (Wildman–Crippen LogP) is 4.53. The van der Waals surface area contributed by atoms with E-state index in [1.54, 1.807) is 4.90 Å². The fourth-order valence-electron chi connectivity index (χ4n) is 3.02. The van der Waals surface area contributed by atoms with Gasteiger partial charge in [0.2, 0.25) is 0 Å². The number of amides is 1. The van der Waals surface area contributed by atoms with Gasteiger partial charge in [0, 0.05) is 24.8 Å². The number of carbonyl (C=O) groups excluding carboxylic acids is 1. The van der Waals surface area contributed by atoms with Crippen LogP contribution in [-0.2, 0) is 6.18 Å². The van der Waals surface area contributed by atoms with Crippen LogP contribution in [0.5, 0.6) is 0 Å². The van der Waals surface area contributed by atoms with Crippen molar-refractivity contribution in [2.24, 2.45) is 0 Å². The Hall–Kier alpha value is -2.44. The first-order valence-electron chi connectivity index (χ1n) is 7.99. The molecule has 0 aliphatic carbocycles. The highest BCUT2D eigenvalue weighted by Gasteiger charge is 2.35. The molecule has 1 aromatic carbocycles. The molecule has 0 saturated carbocycles. The highest BCUT2D eigenvalue weighted by molar-refractivity contribution is 6.00. The number of hydrogen-bond acceptors (Lipinski definition) is 2. The van der Waals surface area contributed by atoms with Crippen LogP contribution in [0, 0.1) is 5.82 Å². The number of likely N-dealkylation sites (tertiary alicyclic amines) is 1. The van der Waals surface area contributed by atoms with Crippen molar-refractivity contribution >= 4 is 5.91 Å². The normalized spacial score (nSPS) is 15.3. The zero-order chi connectivity index (χ0) is 18.0. The number of alkyl halides is 3. The van der Waals surface area contributed by atoms with Crippen LogP contribution in [0.3, 0.4) is 0 Å².